The zero-order chi connectivity index (χ0) is 30.1. The normalized spacial score (nSPS) is 22.1. The molecule has 0 heterocycles. The standard InChI is InChI=1S/C44H43N/c1-44(2)41-13-7-5-11-37(41)38-24-23-36(28-42(38)44)45(43-14-8-6-12-39(43)40-26-29-15-16-34(40)25-29)35-21-19-31(20-22-35)33-18-17-30-9-3-4-10-32(30)27-33/h5-8,11-14,17-24,27-29,34,40H,3-4,9-10,15-16,25-26H2,1-2H3. The molecule has 0 saturated heterocycles. The van der Waals surface area contributed by atoms with Crippen molar-refractivity contribution >= 4 is 17.1 Å². The zero-order valence-electron chi connectivity index (χ0n) is 26.7. The summed E-state index contributed by atoms with van der Waals surface area (Å²) in [6, 6.07) is 42.1. The predicted octanol–water partition coefficient (Wildman–Crippen LogP) is 11.9. The maximum Gasteiger partial charge on any atom is 0.0496 e. The molecule has 2 fully saturated rings. The molecule has 5 aromatic rings. The number of benzene rings is 5. The lowest BCUT2D eigenvalue weighted by Crippen LogP contribution is -2.18. The lowest BCUT2D eigenvalue weighted by atomic mass is 9.81. The highest BCUT2D eigenvalue weighted by molar-refractivity contribution is 5.86. The van der Waals surface area contributed by atoms with Gasteiger partial charge in [0, 0.05) is 22.5 Å². The fraction of sp³-hybridized carbons (Fsp3) is 0.318. The van der Waals surface area contributed by atoms with Gasteiger partial charge in [-0.05, 0) is 143 Å². The van der Waals surface area contributed by atoms with Gasteiger partial charge < -0.3 is 4.90 Å². The second kappa shape index (κ2) is 10.5. The topological polar surface area (TPSA) is 3.24 Å². The van der Waals surface area contributed by atoms with Crippen LogP contribution in [0.3, 0.4) is 0 Å². The number of hydrogen-bond donors (Lipinski definition) is 0. The molecule has 0 aromatic heterocycles. The van der Waals surface area contributed by atoms with Crippen LogP contribution in [0.15, 0.2) is 109 Å². The quantitative estimate of drug-likeness (QED) is 0.198. The smallest absolute Gasteiger partial charge is 0.0496 e. The molecule has 0 amide bonds. The van der Waals surface area contributed by atoms with Crippen molar-refractivity contribution in [3.8, 4) is 22.3 Å². The van der Waals surface area contributed by atoms with Gasteiger partial charge in [-0.25, -0.2) is 0 Å². The van der Waals surface area contributed by atoms with Gasteiger partial charge in [0.25, 0.3) is 0 Å². The molecular formula is C44H43N. The van der Waals surface area contributed by atoms with E-state index < -0.39 is 0 Å². The Balaban J connectivity index is 1.17. The van der Waals surface area contributed by atoms with E-state index in [-0.39, 0.29) is 5.41 Å². The van der Waals surface area contributed by atoms with Crippen LogP contribution in [0, 0.1) is 11.8 Å². The monoisotopic (exact) mass is 585 g/mol. The average Bonchev–Trinajstić information content (AvgIpc) is 3.78. The summed E-state index contributed by atoms with van der Waals surface area (Å²) < 4.78 is 0. The van der Waals surface area contributed by atoms with E-state index in [1.54, 1.807) is 11.1 Å². The molecule has 4 aliphatic rings. The third-order valence-electron chi connectivity index (χ3n) is 11.9. The summed E-state index contributed by atoms with van der Waals surface area (Å²) >= 11 is 0. The van der Waals surface area contributed by atoms with Crippen molar-refractivity contribution in [3.63, 3.8) is 0 Å². The molecule has 224 valence electrons. The average molecular weight is 586 g/mol. The Morgan fingerprint density at radius 1 is 0.600 bits per heavy atom. The SMILES string of the molecule is CC1(C)c2ccccc2-c2ccc(N(c3ccc(-c4ccc5c(c4)CCCC5)cc3)c3ccccc3C3CC4CCC3C4)cc21. The van der Waals surface area contributed by atoms with Gasteiger partial charge in [-0.15, -0.1) is 0 Å². The molecule has 0 radical (unpaired) electrons. The van der Waals surface area contributed by atoms with Crippen molar-refractivity contribution in [3.05, 3.63) is 137 Å². The van der Waals surface area contributed by atoms with E-state index in [9.17, 15) is 0 Å². The van der Waals surface area contributed by atoms with Crippen LogP contribution in [-0.2, 0) is 18.3 Å². The Bertz CT molecular complexity index is 1910. The van der Waals surface area contributed by atoms with Gasteiger partial charge in [0.05, 0.1) is 0 Å². The van der Waals surface area contributed by atoms with Crippen molar-refractivity contribution < 1.29 is 0 Å². The number of nitrogens with zero attached hydrogens (tertiary/aromatic N) is 1. The minimum atomic E-state index is -0.0337. The van der Waals surface area contributed by atoms with Crippen LogP contribution in [0.2, 0.25) is 0 Å². The summed E-state index contributed by atoms with van der Waals surface area (Å²) in [5, 5.41) is 0. The maximum atomic E-state index is 2.57. The second-order valence-corrected chi connectivity index (χ2v) is 14.8. The number of aryl methyl sites for hydroxylation is 2. The van der Waals surface area contributed by atoms with Crippen molar-refractivity contribution in [2.75, 3.05) is 4.90 Å². The fourth-order valence-electron chi connectivity index (χ4n) is 9.60. The second-order valence-electron chi connectivity index (χ2n) is 14.8. The fourth-order valence-corrected chi connectivity index (χ4v) is 9.60. The highest BCUT2D eigenvalue weighted by Gasteiger charge is 2.42. The molecule has 45 heavy (non-hydrogen) atoms. The summed E-state index contributed by atoms with van der Waals surface area (Å²) in [6.45, 7) is 4.78. The molecule has 5 aromatic carbocycles. The van der Waals surface area contributed by atoms with Crippen LogP contribution < -0.4 is 4.90 Å². The van der Waals surface area contributed by atoms with Crippen molar-refractivity contribution in [2.45, 2.75) is 76.5 Å². The van der Waals surface area contributed by atoms with E-state index in [4.69, 9.17) is 0 Å². The van der Waals surface area contributed by atoms with Gasteiger partial charge in [-0.1, -0.05) is 99.1 Å². The van der Waals surface area contributed by atoms with Gasteiger partial charge in [0.15, 0.2) is 0 Å². The van der Waals surface area contributed by atoms with Gasteiger partial charge in [0.2, 0.25) is 0 Å². The summed E-state index contributed by atoms with van der Waals surface area (Å²) in [5.41, 5.74) is 16.7. The van der Waals surface area contributed by atoms with E-state index in [2.05, 4.69) is 128 Å². The van der Waals surface area contributed by atoms with Crippen LogP contribution in [0.4, 0.5) is 17.1 Å². The third kappa shape index (κ3) is 4.42. The summed E-state index contributed by atoms with van der Waals surface area (Å²) in [4.78, 5) is 2.57. The van der Waals surface area contributed by atoms with Crippen LogP contribution in [0.5, 0.6) is 0 Å². The molecule has 1 nitrogen and oxygen atoms in total. The Hall–Kier alpha value is -4.10. The van der Waals surface area contributed by atoms with Gasteiger partial charge in [0.1, 0.15) is 0 Å². The molecule has 0 aliphatic heterocycles. The number of para-hydroxylation sites is 1. The lowest BCUT2D eigenvalue weighted by molar-refractivity contribution is 0.420. The largest absolute Gasteiger partial charge is 0.310 e. The maximum absolute atomic E-state index is 2.57. The summed E-state index contributed by atoms with van der Waals surface area (Å²) in [6.07, 6.45) is 10.7. The molecule has 3 unspecified atom stereocenters. The van der Waals surface area contributed by atoms with E-state index in [0.717, 1.165) is 11.8 Å². The number of anilines is 3. The number of hydrogen-bond acceptors (Lipinski definition) is 1. The number of rotatable bonds is 5. The molecule has 4 aliphatic carbocycles. The third-order valence-corrected chi connectivity index (χ3v) is 11.9. The van der Waals surface area contributed by atoms with E-state index in [1.165, 1.54) is 107 Å². The van der Waals surface area contributed by atoms with Crippen molar-refractivity contribution in [1.29, 1.82) is 0 Å². The predicted molar refractivity (Wildman–Crippen MR) is 189 cm³/mol. The van der Waals surface area contributed by atoms with Crippen LogP contribution >= 0.6 is 0 Å². The first-order valence-electron chi connectivity index (χ1n) is 17.4. The first kappa shape index (κ1) is 27.2. The lowest BCUT2D eigenvalue weighted by Gasteiger charge is -2.32. The van der Waals surface area contributed by atoms with Crippen molar-refractivity contribution in [1.82, 2.24) is 0 Å². The molecule has 2 bridgehead atoms. The first-order valence-corrected chi connectivity index (χ1v) is 17.4. The van der Waals surface area contributed by atoms with Gasteiger partial charge in [-0.3, -0.25) is 0 Å². The summed E-state index contributed by atoms with van der Waals surface area (Å²) in [5.74, 6) is 2.40. The Labute approximate surface area is 269 Å². The Kier molecular flexibility index (Phi) is 6.34. The van der Waals surface area contributed by atoms with E-state index >= 15 is 0 Å². The van der Waals surface area contributed by atoms with E-state index in [0.29, 0.717) is 5.92 Å². The molecule has 3 atom stereocenters. The molecule has 0 spiro atoms. The first-order chi connectivity index (χ1) is 22.0. The zero-order valence-corrected chi connectivity index (χ0v) is 26.7. The number of fused-ring (bicyclic) bond motifs is 6. The van der Waals surface area contributed by atoms with Gasteiger partial charge in [-0.2, -0.15) is 0 Å². The van der Waals surface area contributed by atoms with Gasteiger partial charge >= 0.3 is 0 Å². The highest BCUT2D eigenvalue weighted by Crippen LogP contribution is 2.56. The van der Waals surface area contributed by atoms with Crippen LogP contribution in [0.25, 0.3) is 22.3 Å². The molecule has 2 saturated carbocycles. The molecular weight excluding hydrogens is 542 g/mol. The minimum absolute atomic E-state index is 0.0337. The Morgan fingerprint density at radius 3 is 2.16 bits per heavy atom. The van der Waals surface area contributed by atoms with Crippen molar-refractivity contribution in [2.24, 2.45) is 11.8 Å². The summed E-state index contributed by atoms with van der Waals surface area (Å²) in [7, 11) is 0. The van der Waals surface area contributed by atoms with E-state index in [1.807, 2.05) is 0 Å². The molecule has 1 heteroatoms. The molecule has 0 N–H and O–H groups in total. The minimum Gasteiger partial charge on any atom is -0.310 e. The molecule has 9 rings (SSSR count). The van der Waals surface area contributed by atoms with Crippen LogP contribution in [-0.4, -0.2) is 0 Å². The Morgan fingerprint density at radius 2 is 1.33 bits per heavy atom. The van der Waals surface area contributed by atoms with Crippen LogP contribution in [0.1, 0.15) is 86.1 Å². The highest BCUT2D eigenvalue weighted by atomic mass is 15.1.